The minimum atomic E-state index is -0.549. The first-order valence-electron chi connectivity index (χ1n) is 7.01. The molecular weight excluding hydrogens is 294 g/mol. The summed E-state index contributed by atoms with van der Waals surface area (Å²) in [6.07, 6.45) is 1.56. The van der Waals surface area contributed by atoms with Crippen molar-refractivity contribution in [3.63, 3.8) is 0 Å². The van der Waals surface area contributed by atoms with Crippen LogP contribution in [0.2, 0.25) is 0 Å². The molecule has 0 saturated heterocycles. The Morgan fingerprint density at radius 1 is 1.17 bits per heavy atom. The van der Waals surface area contributed by atoms with Crippen molar-refractivity contribution < 1.29 is 9.53 Å². The van der Waals surface area contributed by atoms with E-state index in [2.05, 4.69) is 10.3 Å². The molecule has 0 unspecified atom stereocenters. The first-order chi connectivity index (χ1) is 11.1. The van der Waals surface area contributed by atoms with E-state index in [1.807, 2.05) is 18.2 Å². The minimum Gasteiger partial charge on any atom is -0.495 e. The van der Waals surface area contributed by atoms with Crippen molar-refractivity contribution in [2.75, 3.05) is 12.4 Å². The van der Waals surface area contributed by atoms with Gasteiger partial charge in [0.05, 0.1) is 12.6 Å². The fourth-order valence-electron chi connectivity index (χ4n) is 2.49. The number of carbonyl (C=O) groups excluding carboxylic acids is 1. The molecule has 3 aromatic rings. The van der Waals surface area contributed by atoms with E-state index in [-0.39, 0.29) is 11.3 Å². The Morgan fingerprint density at radius 2 is 1.91 bits per heavy atom. The van der Waals surface area contributed by atoms with Gasteiger partial charge in [0.1, 0.15) is 17.1 Å². The molecule has 1 N–H and O–H groups in total. The third-order valence-electron chi connectivity index (χ3n) is 3.59. The molecule has 6 nitrogen and oxygen atoms in total. The second-order valence-electron chi connectivity index (χ2n) is 4.96. The van der Waals surface area contributed by atoms with E-state index in [1.54, 1.807) is 37.5 Å². The van der Waals surface area contributed by atoms with Crippen LogP contribution >= 0.6 is 0 Å². The number of nitrogens with one attached hydrogen (secondary N) is 1. The number of ether oxygens (including phenoxy) is 1. The Hall–Kier alpha value is -3.15. The molecule has 1 amide bonds. The zero-order chi connectivity index (χ0) is 16.4. The van der Waals surface area contributed by atoms with Crippen molar-refractivity contribution in [1.82, 2.24) is 9.55 Å². The standard InChI is InChI=1S/C17H15N3O3/c1-20-12-8-4-3-7-11(12)15(23-2)14(17(20)22)16(21)19-13-9-5-6-10-18-13/h3-10H,1-2H3,(H,18,19,21). The molecule has 0 radical (unpaired) electrons. The summed E-state index contributed by atoms with van der Waals surface area (Å²) < 4.78 is 6.79. The van der Waals surface area contributed by atoms with E-state index < -0.39 is 11.5 Å². The number of anilines is 1. The van der Waals surface area contributed by atoms with E-state index in [4.69, 9.17) is 4.74 Å². The normalized spacial score (nSPS) is 10.5. The number of methoxy groups -OCH3 is 1. The summed E-state index contributed by atoms with van der Waals surface area (Å²) in [5.41, 5.74) is 0.233. The van der Waals surface area contributed by atoms with Gasteiger partial charge in [0.15, 0.2) is 0 Å². The quantitative estimate of drug-likeness (QED) is 0.805. The second-order valence-corrected chi connectivity index (χ2v) is 4.96. The van der Waals surface area contributed by atoms with Gasteiger partial charge >= 0.3 is 0 Å². The van der Waals surface area contributed by atoms with Gasteiger partial charge < -0.3 is 14.6 Å². The highest BCUT2D eigenvalue weighted by molar-refractivity contribution is 6.08. The first-order valence-corrected chi connectivity index (χ1v) is 7.01. The molecule has 0 saturated carbocycles. The Labute approximate surface area is 132 Å². The summed E-state index contributed by atoms with van der Waals surface area (Å²) in [6.45, 7) is 0. The van der Waals surface area contributed by atoms with Gasteiger partial charge in [0.2, 0.25) is 0 Å². The Morgan fingerprint density at radius 3 is 2.61 bits per heavy atom. The molecular formula is C17H15N3O3. The largest absolute Gasteiger partial charge is 0.495 e. The summed E-state index contributed by atoms with van der Waals surface area (Å²) in [6, 6.07) is 12.4. The summed E-state index contributed by atoms with van der Waals surface area (Å²) >= 11 is 0. The summed E-state index contributed by atoms with van der Waals surface area (Å²) in [5, 5.41) is 3.32. The number of aromatic nitrogens is 2. The van der Waals surface area contributed by atoms with Crippen LogP contribution in [0.15, 0.2) is 53.5 Å². The molecule has 0 aliphatic carbocycles. The Bertz CT molecular complexity index is 933. The minimum absolute atomic E-state index is 0.0423. The molecule has 6 heteroatoms. The number of amides is 1. The number of hydrogen-bond acceptors (Lipinski definition) is 4. The molecule has 0 fully saturated rings. The number of carbonyl (C=O) groups is 1. The monoisotopic (exact) mass is 309 g/mol. The summed E-state index contributed by atoms with van der Waals surface area (Å²) in [4.78, 5) is 29.2. The molecule has 0 spiro atoms. The lowest BCUT2D eigenvalue weighted by molar-refractivity contribution is 0.102. The van der Waals surface area contributed by atoms with Crippen molar-refractivity contribution in [2.24, 2.45) is 7.05 Å². The number of para-hydroxylation sites is 1. The lowest BCUT2D eigenvalue weighted by atomic mass is 10.1. The fourth-order valence-corrected chi connectivity index (χ4v) is 2.49. The van der Waals surface area contributed by atoms with Gasteiger partial charge in [-0.2, -0.15) is 0 Å². The van der Waals surface area contributed by atoms with Crippen LogP contribution in [0.25, 0.3) is 10.9 Å². The fraction of sp³-hybridized carbons (Fsp3) is 0.118. The predicted octanol–water partition coefficient (Wildman–Crippen LogP) is 2.19. The molecule has 116 valence electrons. The van der Waals surface area contributed by atoms with E-state index in [0.717, 1.165) is 0 Å². The number of nitrogens with zero attached hydrogens (tertiary/aromatic N) is 2. The maximum absolute atomic E-state index is 12.6. The molecule has 3 rings (SSSR count). The SMILES string of the molecule is COc1c(C(=O)Nc2ccccn2)c(=O)n(C)c2ccccc12. The number of pyridine rings is 2. The van der Waals surface area contributed by atoms with E-state index >= 15 is 0 Å². The van der Waals surface area contributed by atoms with Crippen LogP contribution in [0.4, 0.5) is 5.82 Å². The molecule has 0 bridgehead atoms. The number of rotatable bonds is 3. The van der Waals surface area contributed by atoms with Crippen molar-refractivity contribution in [1.29, 1.82) is 0 Å². The van der Waals surface area contributed by atoms with Crippen LogP contribution in [0, 0.1) is 0 Å². The van der Waals surface area contributed by atoms with Crippen LogP contribution in [-0.2, 0) is 7.05 Å². The highest BCUT2D eigenvalue weighted by Gasteiger charge is 2.22. The second kappa shape index (κ2) is 5.92. The van der Waals surface area contributed by atoms with Crippen LogP contribution < -0.4 is 15.6 Å². The number of fused-ring (bicyclic) bond motifs is 1. The van der Waals surface area contributed by atoms with Gasteiger partial charge in [-0.25, -0.2) is 4.98 Å². The van der Waals surface area contributed by atoms with Crippen LogP contribution in [0.5, 0.6) is 5.75 Å². The summed E-state index contributed by atoms with van der Waals surface area (Å²) in [5.74, 6) is 0.0822. The lowest BCUT2D eigenvalue weighted by Gasteiger charge is -2.14. The van der Waals surface area contributed by atoms with Gasteiger partial charge in [-0.1, -0.05) is 18.2 Å². The maximum atomic E-state index is 12.6. The molecule has 0 atom stereocenters. The molecule has 0 aliphatic rings. The van der Waals surface area contributed by atoms with Crippen molar-refractivity contribution in [3.05, 3.63) is 64.6 Å². The average Bonchev–Trinajstić information content (AvgIpc) is 2.58. The van der Waals surface area contributed by atoms with Gasteiger partial charge in [0.25, 0.3) is 11.5 Å². The van der Waals surface area contributed by atoms with Crippen molar-refractivity contribution >= 4 is 22.6 Å². The zero-order valence-electron chi connectivity index (χ0n) is 12.7. The molecule has 2 heterocycles. The van der Waals surface area contributed by atoms with Crippen LogP contribution in [0.3, 0.4) is 0 Å². The van der Waals surface area contributed by atoms with Gasteiger partial charge in [-0.3, -0.25) is 9.59 Å². The van der Waals surface area contributed by atoms with Gasteiger partial charge in [-0.05, 0) is 24.3 Å². The van der Waals surface area contributed by atoms with Gasteiger partial charge in [-0.15, -0.1) is 0 Å². The molecule has 0 aliphatic heterocycles. The number of benzene rings is 1. The van der Waals surface area contributed by atoms with E-state index in [0.29, 0.717) is 16.7 Å². The van der Waals surface area contributed by atoms with E-state index in [9.17, 15) is 9.59 Å². The average molecular weight is 309 g/mol. The van der Waals surface area contributed by atoms with Crippen molar-refractivity contribution in [3.8, 4) is 5.75 Å². The smallest absolute Gasteiger partial charge is 0.267 e. The third kappa shape index (κ3) is 2.55. The summed E-state index contributed by atoms with van der Waals surface area (Å²) in [7, 11) is 3.07. The predicted molar refractivity (Wildman–Crippen MR) is 87.9 cm³/mol. The van der Waals surface area contributed by atoms with Gasteiger partial charge in [0, 0.05) is 18.6 Å². The third-order valence-corrected chi connectivity index (χ3v) is 3.59. The van der Waals surface area contributed by atoms with Crippen molar-refractivity contribution in [2.45, 2.75) is 0 Å². The zero-order valence-corrected chi connectivity index (χ0v) is 12.7. The molecule has 23 heavy (non-hydrogen) atoms. The molecule has 1 aromatic carbocycles. The topological polar surface area (TPSA) is 73.2 Å². The van der Waals surface area contributed by atoms with Crippen LogP contribution in [0.1, 0.15) is 10.4 Å². The lowest BCUT2D eigenvalue weighted by Crippen LogP contribution is -2.29. The number of hydrogen-bond donors (Lipinski definition) is 1. The molecule has 2 aromatic heterocycles. The maximum Gasteiger partial charge on any atom is 0.267 e. The highest BCUT2D eigenvalue weighted by atomic mass is 16.5. The van der Waals surface area contributed by atoms with Crippen LogP contribution in [-0.4, -0.2) is 22.6 Å². The van der Waals surface area contributed by atoms with E-state index in [1.165, 1.54) is 11.7 Å². The first kappa shape index (κ1) is 14.8. The Kier molecular flexibility index (Phi) is 3.80. The Balaban J connectivity index is 2.19. The number of aryl methyl sites for hydroxylation is 1. The highest BCUT2D eigenvalue weighted by Crippen LogP contribution is 2.27.